The summed E-state index contributed by atoms with van der Waals surface area (Å²) in [5, 5.41) is 0.307. The molecule has 3 heteroatoms. The van der Waals surface area contributed by atoms with Crippen LogP contribution in [0.1, 0.15) is 40.2 Å². The first-order valence-electron chi connectivity index (χ1n) is 6.74. The van der Waals surface area contributed by atoms with Crippen LogP contribution in [-0.2, 0) is 10.2 Å². The van der Waals surface area contributed by atoms with Crippen LogP contribution < -0.4 is 0 Å². The number of carbonyl (C=O) groups excluding carboxylic acids is 1. The first-order chi connectivity index (χ1) is 8.84. The molecule has 0 aliphatic rings. The van der Waals surface area contributed by atoms with Gasteiger partial charge in [0, 0.05) is 16.6 Å². The molecule has 0 aliphatic heterocycles. The molecule has 0 N–H and O–H groups in total. The Morgan fingerprint density at radius 3 is 2.26 bits per heavy atom. The number of hydrogen-bond donors (Lipinski definition) is 0. The molecule has 0 bridgehead atoms. The molecule has 106 valence electrons. The van der Waals surface area contributed by atoms with Crippen molar-refractivity contribution in [3.8, 4) is 0 Å². The van der Waals surface area contributed by atoms with E-state index >= 15 is 0 Å². The molecule has 0 unspecified atom stereocenters. The van der Waals surface area contributed by atoms with E-state index in [1.165, 1.54) is 22.2 Å². The van der Waals surface area contributed by atoms with Crippen LogP contribution in [0, 0.1) is 5.92 Å². The van der Waals surface area contributed by atoms with E-state index in [0.717, 1.165) is 11.5 Å². The van der Waals surface area contributed by atoms with Gasteiger partial charge in [0.15, 0.2) is 5.12 Å². The maximum atomic E-state index is 11.7. The van der Waals surface area contributed by atoms with Gasteiger partial charge in [-0.25, -0.2) is 0 Å². The highest BCUT2D eigenvalue weighted by Gasteiger charge is 2.15. The lowest BCUT2D eigenvalue weighted by Gasteiger charge is -2.19. The Balaban J connectivity index is 2.53. The van der Waals surface area contributed by atoms with Crippen LogP contribution in [0.4, 0.5) is 0 Å². The summed E-state index contributed by atoms with van der Waals surface area (Å²) in [6.07, 6.45) is 0. The van der Waals surface area contributed by atoms with E-state index in [9.17, 15) is 4.79 Å². The lowest BCUT2D eigenvalue weighted by atomic mass is 9.87. The standard InChI is InChI=1S/C16H24OS2/c1-6-18-15(17)12(2)11-19-14-9-7-13(8-10-14)16(3,4)5/h7-10,12H,6,11H2,1-5H3/t12-/m1/s1. The van der Waals surface area contributed by atoms with Crippen molar-refractivity contribution in [2.45, 2.75) is 44.9 Å². The van der Waals surface area contributed by atoms with Gasteiger partial charge in [-0.1, -0.05) is 58.5 Å². The smallest absolute Gasteiger partial charge is 0.192 e. The fourth-order valence-corrected chi connectivity index (χ4v) is 3.31. The fraction of sp³-hybridized carbons (Fsp3) is 0.562. The zero-order chi connectivity index (χ0) is 14.5. The van der Waals surface area contributed by atoms with Crippen molar-refractivity contribution in [3.63, 3.8) is 0 Å². The topological polar surface area (TPSA) is 17.1 Å². The third-order valence-electron chi connectivity index (χ3n) is 2.91. The molecule has 0 aromatic heterocycles. The van der Waals surface area contributed by atoms with Gasteiger partial charge in [-0.15, -0.1) is 11.8 Å². The second-order valence-corrected chi connectivity index (χ2v) is 8.10. The molecule has 1 rings (SSSR count). The molecular weight excluding hydrogens is 272 g/mol. The van der Waals surface area contributed by atoms with E-state index in [-0.39, 0.29) is 11.3 Å². The third kappa shape index (κ3) is 5.62. The van der Waals surface area contributed by atoms with Crippen LogP contribution in [0.2, 0.25) is 0 Å². The molecule has 0 amide bonds. The number of thioether (sulfide) groups is 2. The Bertz CT molecular complexity index is 404. The lowest BCUT2D eigenvalue weighted by Crippen LogP contribution is -2.11. The average Bonchev–Trinajstić information content (AvgIpc) is 2.35. The Kier molecular flexibility index (Phi) is 6.48. The number of carbonyl (C=O) groups is 1. The second kappa shape index (κ2) is 7.39. The van der Waals surface area contributed by atoms with Gasteiger partial charge in [0.1, 0.15) is 0 Å². The monoisotopic (exact) mass is 296 g/mol. The summed E-state index contributed by atoms with van der Waals surface area (Å²) in [5.41, 5.74) is 1.55. The maximum absolute atomic E-state index is 11.7. The maximum Gasteiger partial charge on any atom is 0.192 e. The average molecular weight is 297 g/mol. The lowest BCUT2D eigenvalue weighted by molar-refractivity contribution is -0.113. The minimum Gasteiger partial charge on any atom is -0.287 e. The van der Waals surface area contributed by atoms with Crippen LogP contribution in [0.15, 0.2) is 29.2 Å². The molecule has 0 heterocycles. The molecule has 1 aromatic rings. The highest BCUT2D eigenvalue weighted by molar-refractivity contribution is 8.13. The molecule has 0 aliphatic carbocycles. The third-order valence-corrected chi connectivity index (χ3v) is 5.16. The highest BCUT2D eigenvalue weighted by Crippen LogP contribution is 2.27. The quantitative estimate of drug-likeness (QED) is 0.712. The van der Waals surface area contributed by atoms with Crippen LogP contribution in [0.25, 0.3) is 0 Å². The SMILES string of the molecule is CCSC(=O)[C@H](C)CSc1ccc(C(C)(C)C)cc1. The Morgan fingerprint density at radius 1 is 1.21 bits per heavy atom. The molecule has 1 aromatic carbocycles. The van der Waals surface area contributed by atoms with E-state index in [2.05, 4.69) is 45.0 Å². The predicted octanol–water partition coefficient (Wildman–Crippen LogP) is 4.99. The first-order valence-corrected chi connectivity index (χ1v) is 8.71. The number of rotatable bonds is 5. The summed E-state index contributed by atoms with van der Waals surface area (Å²) >= 11 is 3.20. The molecule has 0 spiro atoms. The van der Waals surface area contributed by atoms with Gasteiger partial charge in [0.2, 0.25) is 0 Å². The molecule has 19 heavy (non-hydrogen) atoms. The van der Waals surface area contributed by atoms with Crippen molar-refractivity contribution in [2.75, 3.05) is 11.5 Å². The normalized spacial score (nSPS) is 13.3. The first kappa shape index (κ1) is 16.6. The molecule has 0 saturated heterocycles. The number of benzene rings is 1. The van der Waals surface area contributed by atoms with Gasteiger partial charge in [-0.2, -0.15) is 0 Å². The summed E-state index contributed by atoms with van der Waals surface area (Å²) in [4.78, 5) is 12.9. The largest absolute Gasteiger partial charge is 0.287 e. The van der Waals surface area contributed by atoms with E-state index in [1.807, 2.05) is 13.8 Å². The molecule has 0 radical (unpaired) electrons. The van der Waals surface area contributed by atoms with E-state index < -0.39 is 0 Å². The van der Waals surface area contributed by atoms with Crippen LogP contribution in [0.5, 0.6) is 0 Å². The van der Waals surface area contributed by atoms with E-state index in [1.54, 1.807) is 11.8 Å². The van der Waals surface area contributed by atoms with Crippen molar-refractivity contribution in [1.29, 1.82) is 0 Å². The molecule has 0 saturated carbocycles. The van der Waals surface area contributed by atoms with Gasteiger partial charge in [0.05, 0.1) is 0 Å². The van der Waals surface area contributed by atoms with Crippen molar-refractivity contribution < 1.29 is 4.79 Å². The van der Waals surface area contributed by atoms with Gasteiger partial charge in [0.25, 0.3) is 0 Å². The van der Waals surface area contributed by atoms with Crippen molar-refractivity contribution in [2.24, 2.45) is 5.92 Å². The van der Waals surface area contributed by atoms with Gasteiger partial charge in [-0.3, -0.25) is 4.79 Å². The van der Waals surface area contributed by atoms with Gasteiger partial charge in [-0.05, 0) is 28.9 Å². The van der Waals surface area contributed by atoms with Crippen LogP contribution in [0.3, 0.4) is 0 Å². The number of hydrogen-bond acceptors (Lipinski definition) is 3. The summed E-state index contributed by atoms with van der Waals surface area (Å²) in [5.74, 6) is 1.85. The van der Waals surface area contributed by atoms with Crippen molar-refractivity contribution >= 4 is 28.6 Å². The summed E-state index contributed by atoms with van der Waals surface area (Å²) in [6, 6.07) is 8.70. The molecular formula is C16H24OS2. The Hall–Kier alpha value is -0.410. The predicted molar refractivity (Wildman–Crippen MR) is 88.2 cm³/mol. The Labute approximate surface area is 125 Å². The summed E-state index contributed by atoms with van der Waals surface area (Å²) < 4.78 is 0. The van der Waals surface area contributed by atoms with Crippen LogP contribution in [-0.4, -0.2) is 16.6 Å². The summed E-state index contributed by atoms with van der Waals surface area (Å²) in [6.45, 7) is 10.7. The summed E-state index contributed by atoms with van der Waals surface area (Å²) in [7, 11) is 0. The molecule has 0 fully saturated rings. The van der Waals surface area contributed by atoms with E-state index in [0.29, 0.717) is 5.12 Å². The van der Waals surface area contributed by atoms with Gasteiger partial charge < -0.3 is 0 Å². The zero-order valence-corrected chi connectivity index (χ0v) is 14.2. The molecule has 1 atom stereocenters. The minimum absolute atomic E-state index is 0.122. The fourth-order valence-electron chi connectivity index (χ4n) is 1.62. The Morgan fingerprint density at radius 2 is 1.79 bits per heavy atom. The molecule has 1 nitrogen and oxygen atoms in total. The second-order valence-electron chi connectivity index (χ2n) is 5.74. The highest BCUT2D eigenvalue weighted by atomic mass is 32.2. The van der Waals surface area contributed by atoms with Crippen molar-refractivity contribution in [3.05, 3.63) is 29.8 Å². The minimum atomic E-state index is 0.122. The van der Waals surface area contributed by atoms with Crippen molar-refractivity contribution in [1.82, 2.24) is 0 Å². The van der Waals surface area contributed by atoms with Crippen LogP contribution >= 0.6 is 23.5 Å². The zero-order valence-electron chi connectivity index (χ0n) is 12.5. The van der Waals surface area contributed by atoms with E-state index in [4.69, 9.17) is 0 Å². The van der Waals surface area contributed by atoms with Gasteiger partial charge >= 0.3 is 0 Å².